The Morgan fingerprint density at radius 3 is 2.47 bits per heavy atom. The fourth-order valence-electron chi connectivity index (χ4n) is 2.49. The van der Waals surface area contributed by atoms with E-state index in [2.05, 4.69) is 5.32 Å². The van der Waals surface area contributed by atoms with E-state index in [1.54, 1.807) is 0 Å². The molecule has 2 rings (SSSR count). The van der Waals surface area contributed by atoms with Crippen LogP contribution in [-0.2, 0) is 4.79 Å². The second kappa shape index (κ2) is 4.52. The van der Waals surface area contributed by atoms with Crippen molar-refractivity contribution in [2.45, 2.75) is 44.9 Å². The van der Waals surface area contributed by atoms with Crippen LogP contribution in [0, 0.1) is 11.3 Å². The summed E-state index contributed by atoms with van der Waals surface area (Å²) >= 11 is 0. The highest BCUT2D eigenvalue weighted by atomic mass is 16.4. The van der Waals surface area contributed by atoms with Crippen molar-refractivity contribution in [1.29, 1.82) is 0 Å². The molecule has 2 N–H and O–H groups in total. The van der Waals surface area contributed by atoms with Gasteiger partial charge in [0.05, 0.1) is 5.41 Å². The molecule has 0 aliphatic heterocycles. The summed E-state index contributed by atoms with van der Waals surface area (Å²) in [5, 5.41) is 12.4. The van der Waals surface area contributed by atoms with Crippen molar-refractivity contribution in [1.82, 2.24) is 5.32 Å². The number of nitrogens with one attached hydrogen (secondary N) is 1. The van der Waals surface area contributed by atoms with E-state index in [0.717, 1.165) is 31.7 Å². The molecule has 0 unspecified atom stereocenters. The van der Waals surface area contributed by atoms with Gasteiger partial charge in [-0.3, -0.25) is 4.79 Å². The molecule has 0 saturated heterocycles. The minimum atomic E-state index is -0.607. The van der Waals surface area contributed by atoms with E-state index in [9.17, 15) is 4.79 Å². The zero-order valence-electron chi connectivity index (χ0n) is 9.30. The lowest BCUT2D eigenvalue weighted by Gasteiger charge is -2.38. The van der Waals surface area contributed by atoms with Crippen molar-refractivity contribution in [3.05, 3.63) is 0 Å². The zero-order valence-corrected chi connectivity index (χ0v) is 9.30. The number of hydrogen-bond donors (Lipinski definition) is 2. The van der Waals surface area contributed by atoms with Crippen LogP contribution in [0.5, 0.6) is 0 Å². The predicted molar refractivity (Wildman–Crippen MR) is 58.7 cm³/mol. The van der Waals surface area contributed by atoms with E-state index in [0.29, 0.717) is 6.54 Å². The summed E-state index contributed by atoms with van der Waals surface area (Å²) in [6, 6.07) is 0. The molecule has 0 spiro atoms. The van der Waals surface area contributed by atoms with Gasteiger partial charge in [-0.05, 0) is 31.7 Å². The Morgan fingerprint density at radius 1 is 1.33 bits per heavy atom. The van der Waals surface area contributed by atoms with Crippen LogP contribution in [0.4, 0.5) is 0 Å². The minimum Gasteiger partial charge on any atom is -0.481 e. The summed E-state index contributed by atoms with van der Waals surface area (Å²) in [7, 11) is 0. The fourth-order valence-corrected chi connectivity index (χ4v) is 2.49. The Labute approximate surface area is 91.2 Å². The quantitative estimate of drug-likeness (QED) is 0.661. The molecule has 0 bridgehead atoms. The molecule has 2 aliphatic carbocycles. The van der Waals surface area contributed by atoms with Crippen LogP contribution >= 0.6 is 0 Å². The van der Waals surface area contributed by atoms with E-state index < -0.39 is 11.4 Å². The number of aliphatic carboxylic acids is 1. The lowest BCUT2D eigenvalue weighted by molar-refractivity contribution is -0.154. The van der Waals surface area contributed by atoms with Crippen LogP contribution in [0.25, 0.3) is 0 Å². The summed E-state index contributed by atoms with van der Waals surface area (Å²) in [6.07, 6.45) is 8.19. The van der Waals surface area contributed by atoms with Gasteiger partial charge in [0, 0.05) is 6.54 Å². The Hall–Kier alpha value is -0.570. The average Bonchev–Trinajstić information content (AvgIpc) is 2.04. The molecule has 0 aromatic heterocycles. The number of rotatable bonds is 6. The van der Waals surface area contributed by atoms with Crippen molar-refractivity contribution < 1.29 is 9.90 Å². The van der Waals surface area contributed by atoms with Gasteiger partial charge in [0.1, 0.15) is 0 Å². The van der Waals surface area contributed by atoms with Crippen LogP contribution in [0.2, 0.25) is 0 Å². The topological polar surface area (TPSA) is 49.3 Å². The van der Waals surface area contributed by atoms with Crippen molar-refractivity contribution >= 4 is 5.97 Å². The predicted octanol–water partition coefficient (Wildman–Crippen LogP) is 2.02. The molecule has 0 radical (unpaired) electrons. The number of hydrogen-bond acceptors (Lipinski definition) is 2. The summed E-state index contributed by atoms with van der Waals surface area (Å²) in [5.41, 5.74) is -0.417. The molecule has 0 aromatic rings. The van der Waals surface area contributed by atoms with E-state index in [1.165, 1.54) is 25.7 Å². The van der Waals surface area contributed by atoms with Crippen LogP contribution in [0.3, 0.4) is 0 Å². The Bertz CT molecular complexity index is 232. The van der Waals surface area contributed by atoms with E-state index in [4.69, 9.17) is 5.11 Å². The van der Waals surface area contributed by atoms with Gasteiger partial charge < -0.3 is 10.4 Å². The third kappa shape index (κ3) is 2.33. The van der Waals surface area contributed by atoms with Gasteiger partial charge in [-0.1, -0.05) is 25.7 Å². The number of carboxylic acid groups (broad SMARTS) is 1. The van der Waals surface area contributed by atoms with Gasteiger partial charge in [0.15, 0.2) is 0 Å². The first-order valence-electron chi connectivity index (χ1n) is 6.17. The number of carboxylic acids is 1. The minimum absolute atomic E-state index is 0.417. The molecule has 0 atom stereocenters. The molecule has 15 heavy (non-hydrogen) atoms. The van der Waals surface area contributed by atoms with Gasteiger partial charge >= 0.3 is 5.97 Å². The van der Waals surface area contributed by atoms with Crippen LogP contribution in [0.15, 0.2) is 0 Å². The molecule has 0 amide bonds. The average molecular weight is 211 g/mol. The highest BCUT2D eigenvalue weighted by Gasteiger charge is 2.43. The van der Waals surface area contributed by atoms with Gasteiger partial charge in [-0.15, -0.1) is 0 Å². The molecule has 86 valence electrons. The first kappa shape index (κ1) is 10.9. The monoisotopic (exact) mass is 211 g/mol. The first-order chi connectivity index (χ1) is 7.23. The Morgan fingerprint density at radius 2 is 2.07 bits per heavy atom. The van der Waals surface area contributed by atoms with Gasteiger partial charge in [0.2, 0.25) is 0 Å². The van der Waals surface area contributed by atoms with Crippen molar-refractivity contribution in [2.75, 3.05) is 13.1 Å². The maximum Gasteiger partial charge on any atom is 0.310 e. The second-order valence-electron chi connectivity index (χ2n) is 5.20. The highest BCUT2D eigenvalue weighted by Crippen LogP contribution is 2.40. The maximum absolute atomic E-state index is 11.1. The lowest BCUT2D eigenvalue weighted by Crippen LogP contribution is -2.46. The first-order valence-corrected chi connectivity index (χ1v) is 6.17. The van der Waals surface area contributed by atoms with E-state index in [1.807, 2.05) is 0 Å². The molecule has 3 nitrogen and oxygen atoms in total. The molecule has 2 saturated carbocycles. The largest absolute Gasteiger partial charge is 0.481 e. The fraction of sp³-hybridized carbons (Fsp3) is 0.917. The highest BCUT2D eigenvalue weighted by molar-refractivity contribution is 5.76. The van der Waals surface area contributed by atoms with Crippen molar-refractivity contribution in [3.8, 4) is 0 Å². The summed E-state index contributed by atoms with van der Waals surface area (Å²) in [4.78, 5) is 11.1. The van der Waals surface area contributed by atoms with Crippen LogP contribution in [-0.4, -0.2) is 24.2 Å². The SMILES string of the molecule is O=C(O)C1(CNCCC2CCC2)CCC1. The lowest BCUT2D eigenvalue weighted by atomic mass is 9.69. The van der Waals surface area contributed by atoms with Gasteiger partial charge in [-0.2, -0.15) is 0 Å². The summed E-state index contributed by atoms with van der Waals surface area (Å²) in [6.45, 7) is 1.68. The van der Waals surface area contributed by atoms with Crippen molar-refractivity contribution in [2.24, 2.45) is 11.3 Å². The normalized spacial score (nSPS) is 24.3. The molecular formula is C12H21NO2. The smallest absolute Gasteiger partial charge is 0.310 e. The van der Waals surface area contributed by atoms with Gasteiger partial charge in [0.25, 0.3) is 0 Å². The number of carbonyl (C=O) groups is 1. The Kier molecular flexibility index (Phi) is 3.29. The van der Waals surface area contributed by atoms with Gasteiger partial charge in [-0.25, -0.2) is 0 Å². The van der Waals surface area contributed by atoms with E-state index >= 15 is 0 Å². The molecule has 2 aliphatic rings. The molecule has 0 aromatic carbocycles. The molecule has 3 heteroatoms. The third-order valence-corrected chi connectivity index (χ3v) is 4.18. The Balaban J connectivity index is 1.61. The molecule has 0 heterocycles. The van der Waals surface area contributed by atoms with Crippen LogP contribution in [0.1, 0.15) is 44.9 Å². The molecule has 2 fully saturated rings. The van der Waals surface area contributed by atoms with Crippen LogP contribution < -0.4 is 5.32 Å². The summed E-state index contributed by atoms with van der Waals surface area (Å²) < 4.78 is 0. The maximum atomic E-state index is 11.1. The zero-order chi connectivity index (χ0) is 10.7. The van der Waals surface area contributed by atoms with Crippen molar-refractivity contribution in [3.63, 3.8) is 0 Å². The second-order valence-corrected chi connectivity index (χ2v) is 5.20. The third-order valence-electron chi connectivity index (χ3n) is 4.18. The van der Waals surface area contributed by atoms with E-state index in [-0.39, 0.29) is 0 Å². The standard InChI is InChI=1S/C12H21NO2/c14-11(15)12(6-2-7-12)9-13-8-5-10-3-1-4-10/h10,13H,1-9H2,(H,14,15). The molecular weight excluding hydrogens is 190 g/mol. The summed E-state index contributed by atoms with van der Waals surface area (Å²) in [5.74, 6) is 0.310.